The minimum Gasteiger partial charge on any atom is -0.489 e. The summed E-state index contributed by atoms with van der Waals surface area (Å²) in [7, 11) is 0. The molecule has 0 aliphatic carbocycles. The zero-order valence-electron chi connectivity index (χ0n) is 15.5. The molecule has 4 aromatic rings. The Kier molecular flexibility index (Phi) is 5.92. The minimum absolute atomic E-state index is 0.250. The van der Waals surface area contributed by atoms with Crippen LogP contribution in [0.4, 0.5) is 9.52 Å². The number of halogens is 1. The number of hydrogen-bond donors (Lipinski definition) is 1. The zero-order chi connectivity index (χ0) is 19.9. The molecule has 4 nitrogen and oxygen atoms in total. The maximum Gasteiger partial charge on any atom is 0.203 e. The van der Waals surface area contributed by atoms with E-state index in [-0.39, 0.29) is 5.82 Å². The van der Waals surface area contributed by atoms with Gasteiger partial charge in [0.1, 0.15) is 18.2 Å². The Morgan fingerprint density at radius 1 is 0.966 bits per heavy atom. The summed E-state index contributed by atoms with van der Waals surface area (Å²) in [6, 6.07) is 23.9. The first-order chi connectivity index (χ1) is 14.3. The van der Waals surface area contributed by atoms with Crippen LogP contribution in [0, 0.1) is 5.82 Å². The summed E-state index contributed by atoms with van der Waals surface area (Å²) >= 11 is 1.51. The lowest BCUT2D eigenvalue weighted by atomic mass is 10.2. The summed E-state index contributed by atoms with van der Waals surface area (Å²) in [6.45, 7) is 0.392. The van der Waals surface area contributed by atoms with Gasteiger partial charge in [-0.15, -0.1) is 11.3 Å². The second-order valence-corrected chi connectivity index (χ2v) is 7.12. The van der Waals surface area contributed by atoms with E-state index in [0.717, 1.165) is 33.3 Å². The van der Waals surface area contributed by atoms with E-state index >= 15 is 0 Å². The van der Waals surface area contributed by atoms with Crippen molar-refractivity contribution in [2.75, 3.05) is 5.43 Å². The van der Waals surface area contributed by atoms with Crippen LogP contribution >= 0.6 is 11.3 Å². The van der Waals surface area contributed by atoms with Gasteiger partial charge in [0.2, 0.25) is 5.13 Å². The number of rotatable bonds is 7. The number of ether oxygens (including phenoxy) is 1. The van der Waals surface area contributed by atoms with Crippen LogP contribution < -0.4 is 10.2 Å². The standard InChI is InChI=1S/C23H18FN3OS/c24-20-10-6-18(7-11-20)15-28-21-12-8-17(9-13-21)14-25-27-23-26-22(16-29-23)19-4-2-1-3-5-19/h1-14,16H,15H2,(H,26,27)/b25-14-. The Hall–Kier alpha value is -3.51. The number of anilines is 1. The molecule has 0 saturated heterocycles. The highest BCUT2D eigenvalue weighted by Crippen LogP contribution is 2.24. The molecule has 0 fully saturated rings. The van der Waals surface area contributed by atoms with Crippen LogP contribution in [0.5, 0.6) is 5.75 Å². The number of benzene rings is 3. The van der Waals surface area contributed by atoms with Crippen molar-refractivity contribution in [3.8, 4) is 17.0 Å². The van der Waals surface area contributed by atoms with Crippen molar-refractivity contribution < 1.29 is 9.13 Å². The molecule has 1 aromatic heterocycles. The Bertz CT molecular complexity index is 1080. The topological polar surface area (TPSA) is 46.5 Å². The lowest BCUT2D eigenvalue weighted by molar-refractivity contribution is 0.306. The van der Waals surface area contributed by atoms with Crippen LogP contribution in [0.2, 0.25) is 0 Å². The smallest absolute Gasteiger partial charge is 0.203 e. The van der Waals surface area contributed by atoms with Gasteiger partial charge in [0.15, 0.2) is 0 Å². The van der Waals surface area contributed by atoms with E-state index in [1.54, 1.807) is 18.3 Å². The van der Waals surface area contributed by atoms with E-state index in [2.05, 4.69) is 15.5 Å². The molecule has 1 heterocycles. The number of aromatic nitrogens is 1. The highest BCUT2D eigenvalue weighted by molar-refractivity contribution is 7.14. The van der Waals surface area contributed by atoms with E-state index in [1.165, 1.54) is 23.5 Å². The van der Waals surface area contributed by atoms with Crippen LogP contribution in [0.3, 0.4) is 0 Å². The van der Waals surface area contributed by atoms with Gasteiger partial charge in [-0.2, -0.15) is 5.10 Å². The molecule has 1 N–H and O–H groups in total. The number of nitrogens with zero attached hydrogens (tertiary/aromatic N) is 2. The molecule has 0 radical (unpaired) electrons. The maximum atomic E-state index is 12.9. The fourth-order valence-corrected chi connectivity index (χ4v) is 3.29. The fourth-order valence-electron chi connectivity index (χ4n) is 2.63. The zero-order valence-corrected chi connectivity index (χ0v) is 16.3. The molecule has 0 atom stereocenters. The van der Waals surface area contributed by atoms with E-state index in [4.69, 9.17) is 4.74 Å². The van der Waals surface area contributed by atoms with Gasteiger partial charge in [-0.05, 0) is 47.5 Å². The first-order valence-electron chi connectivity index (χ1n) is 9.03. The highest BCUT2D eigenvalue weighted by Gasteiger charge is 2.03. The monoisotopic (exact) mass is 403 g/mol. The largest absolute Gasteiger partial charge is 0.489 e. The summed E-state index contributed by atoms with van der Waals surface area (Å²) in [4.78, 5) is 4.53. The Balaban J connectivity index is 1.30. The van der Waals surface area contributed by atoms with E-state index < -0.39 is 0 Å². The number of hydrazone groups is 1. The van der Waals surface area contributed by atoms with Crippen molar-refractivity contribution >= 4 is 22.7 Å². The van der Waals surface area contributed by atoms with E-state index in [1.807, 2.05) is 60.0 Å². The van der Waals surface area contributed by atoms with E-state index in [0.29, 0.717) is 6.61 Å². The van der Waals surface area contributed by atoms with Crippen molar-refractivity contribution in [3.05, 3.63) is 101 Å². The van der Waals surface area contributed by atoms with Gasteiger partial charge >= 0.3 is 0 Å². The van der Waals surface area contributed by atoms with Gasteiger partial charge in [0.25, 0.3) is 0 Å². The normalized spacial score (nSPS) is 10.9. The van der Waals surface area contributed by atoms with Gasteiger partial charge < -0.3 is 4.74 Å². The van der Waals surface area contributed by atoms with Gasteiger partial charge in [-0.1, -0.05) is 42.5 Å². The van der Waals surface area contributed by atoms with Crippen molar-refractivity contribution in [2.45, 2.75) is 6.61 Å². The molecule has 3 aromatic carbocycles. The fraction of sp³-hybridized carbons (Fsp3) is 0.0435. The average molecular weight is 403 g/mol. The summed E-state index contributed by atoms with van der Waals surface area (Å²) in [5, 5.41) is 6.98. The maximum absolute atomic E-state index is 12.9. The predicted octanol–water partition coefficient (Wildman–Crippen LogP) is 5.97. The number of hydrogen-bond acceptors (Lipinski definition) is 5. The Morgan fingerprint density at radius 3 is 2.48 bits per heavy atom. The number of nitrogens with one attached hydrogen (secondary N) is 1. The third kappa shape index (κ3) is 5.27. The van der Waals surface area contributed by atoms with Crippen LogP contribution in [0.1, 0.15) is 11.1 Å². The summed E-state index contributed by atoms with van der Waals surface area (Å²) < 4.78 is 18.6. The van der Waals surface area contributed by atoms with E-state index in [9.17, 15) is 4.39 Å². The van der Waals surface area contributed by atoms with Crippen LogP contribution in [0.25, 0.3) is 11.3 Å². The molecule has 6 heteroatoms. The third-order valence-electron chi connectivity index (χ3n) is 4.15. The molecule has 0 spiro atoms. The molecular weight excluding hydrogens is 385 g/mol. The number of thiazole rings is 1. The van der Waals surface area contributed by atoms with Gasteiger partial charge in [-0.25, -0.2) is 9.37 Å². The van der Waals surface area contributed by atoms with Crippen molar-refractivity contribution in [1.29, 1.82) is 0 Å². The Labute approximate surface area is 172 Å². The molecule has 0 saturated carbocycles. The highest BCUT2D eigenvalue weighted by atomic mass is 32.1. The molecule has 0 bridgehead atoms. The average Bonchev–Trinajstić information content (AvgIpc) is 3.24. The molecule has 0 aliphatic heterocycles. The Morgan fingerprint density at radius 2 is 1.72 bits per heavy atom. The second kappa shape index (κ2) is 9.12. The predicted molar refractivity (Wildman–Crippen MR) is 116 cm³/mol. The van der Waals surface area contributed by atoms with Crippen molar-refractivity contribution in [1.82, 2.24) is 4.98 Å². The first kappa shape index (κ1) is 18.8. The van der Waals surface area contributed by atoms with Gasteiger partial charge in [-0.3, -0.25) is 5.43 Å². The molecule has 0 unspecified atom stereocenters. The van der Waals surface area contributed by atoms with Crippen LogP contribution in [0.15, 0.2) is 89.3 Å². The summed E-state index contributed by atoms with van der Waals surface area (Å²) in [6.07, 6.45) is 1.73. The van der Waals surface area contributed by atoms with Gasteiger partial charge in [0.05, 0.1) is 11.9 Å². The van der Waals surface area contributed by atoms with Crippen LogP contribution in [-0.4, -0.2) is 11.2 Å². The SMILES string of the molecule is Fc1ccc(COc2ccc(/C=N\Nc3nc(-c4ccccc4)cs3)cc2)cc1. The lowest BCUT2D eigenvalue weighted by Gasteiger charge is -2.06. The molecule has 144 valence electrons. The molecule has 0 amide bonds. The summed E-state index contributed by atoms with van der Waals surface area (Å²) in [5.41, 5.74) is 6.82. The van der Waals surface area contributed by atoms with Crippen molar-refractivity contribution in [2.24, 2.45) is 5.10 Å². The first-order valence-corrected chi connectivity index (χ1v) is 9.91. The minimum atomic E-state index is -0.250. The lowest BCUT2D eigenvalue weighted by Crippen LogP contribution is -1.96. The second-order valence-electron chi connectivity index (χ2n) is 6.26. The molecule has 0 aliphatic rings. The molecule has 4 rings (SSSR count). The van der Waals surface area contributed by atoms with Crippen molar-refractivity contribution in [3.63, 3.8) is 0 Å². The van der Waals surface area contributed by atoms with Crippen LogP contribution in [-0.2, 0) is 6.61 Å². The third-order valence-corrected chi connectivity index (χ3v) is 4.89. The molecule has 29 heavy (non-hydrogen) atoms. The summed E-state index contributed by atoms with van der Waals surface area (Å²) in [5.74, 6) is 0.492. The van der Waals surface area contributed by atoms with Gasteiger partial charge in [0, 0.05) is 10.9 Å². The quantitative estimate of drug-likeness (QED) is 0.305. The molecular formula is C23H18FN3OS.